The largest absolute Gasteiger partial charge is 0.486 e. The quantitative estimate of drug-likeness (QED) is 0.486. The molecule has 8 nitrogen and oxygen atoms in total. The Kier molecular flexibility index (Phi) is 5.63. The fourth-order valence-corrected chi connectivity index (χ4v) is 2.93. The average Bonchev–Trinajstić information content (AvgIpc) is 3.08. The highest BCUT2D eigenvalue weighted by molar-refractivity contribution is 7.15. The monoisotopic (exact) mass is 404 g/mol. The van der Waals surface area contributed by atoms with Crippen LogP contribution >= 0.6 is 22.9 Å². The molecule has 1 amide bonds. The number of ether oxygens (including phenoxy) is 1. The van der Waals surface area contributed by atoms with Crippen LogP contribution in [0.15, 0.2) is 42.5 Å². The van der Waals surface area contributed by atoms with Crippen LogP contribution < -0.4 is 10.1 Å². The molecule has 0 saturated heterocycles. The van der Waals surface area contributed by atoms with E-state index in [1.54, 1.807) is 31.2 Å². The van der Waals surface area contributed by atoms with Crippen molar-refractivity contribution >= 4 is 39.7 Å². The predicted molar refractivity (Wildman–Crippen MR) is 101 cm³/mol. The highest BCUT2D eigenvalue weighted by atomic mass is 35.5. The maximum Gasteiger partial charge on any atom is 0.273 e. The van der Waals surface area contributed by atoms with Crippen molar-refractivity contribution in [3.8, 4) is 5.75 Å². The van der Waals surface area contributed by atoms with Crippen LogP contribution in [0.2, 0.25) is 5.02 Å². The molecule has 10 heteroatoms. The first-order chi connectivity index (χ1) is 12.9. The van der Waals surface area contributed by atoms with Gasteiger partial charge < -0.3 is 4.74 Å². The second-order valence-corrected chi connectivity index (χ2v) is 6.95. The number of rotatable bonds is 6. The van der Waals surface area contributed by atoms with E-state index in [1.807, 2.05) is 0 Å². The lowest BCUT2D eigenvalue weighted by atomic mass is 10.1. The van der Waals surface area contributed by atoms with E-state index in [2.05, 4.69) is 15.5 Å². The number of aromatic nitrogens is 2. The van der Waals surface area contributed by atoms with E-state index in [9.17, 15) is 14.9 Å². The first-order valence-electron chi connectivity index (χ1n) is 7.69. The van der Waals surface area contributed by atoms with Gasteiger partial charge in [-0.2, -0.15) is 0 Å². The average molecular weight is 405 g/mol. The predicted octanol–water partition coefficient (Wildman–Crippen LogP) is 4.24. The van der Waals surface area contributed by atoms with Crippen molar-refractivity contribution in [1.82, 2.24) is 10.2 Å². The van der Waals surface area contributed by atoms with Gasteiger partial charge in [0.2, 0.25) is 5.13 Å². The molecule has 0 atom stereocenters. The lowest BCUT2D eigenvalue weighted by molar-refractivity contribution is -0.385. The summed E-state index contributed by atoms with van der Waals surface area (Å²) in [7, 11) is 0. The molecule has 1 aromatic heterocycles. The zero-order valence-electron chi connectivity index (χ0n) is 14.0. The fraction of sp³-hybridized carbons (Fsp3) is 0.118. The summed E-state index contributed by atoms with van der Waals surface area (Å²) in [5.41, 5.74) is 0.535. The van der Waals surface area contributed by atoms with Crippen LogP contribution in [0.5, 0.6) is 5.75 Å². The summed E-state index contributed by atoms with van der Waals surface area (Å²) in [5, 5.41) is 22.9. The SMILES string of the molecule is Cc1ccc(C(=O)Nc2nnc(COc3ccc(Cl)cc3)s2)cc1[N+](=O)[O-]. The third-order valence-electron chi connectivity index (χ3n) is 3.53. The molecule has 0 aliphatic rings. The van der Waals surface area contributed by atoms with Crippen LogP contribution in [-0.2, 0) is 6.61 Å². The standard InChI is InChI=1S/C17H13ClN4O4S/c1-10-2-3-11(8-14(10)22(24)25)16(23)19-17-21-20-15(27-17)9-26-13-6-4-12(18)5-7-13/h2-8H,9H2,1H3,(H,19,21,23). The topological polar surface area (TPSA) is 107 Å². The maximum atomic E-state index is 12.3. The summed E-state index contributed by atoms with van der Waals surface area (Å²) < 4.78 is 5.57. The Morgan fingerprint density at radius 1 is 1.26 bits per heavy atom. The van der Waals surface area contributed by atoms with Gasteiger partial charge >= 0.3 is 0 Å². The van der Waals surface area contributed by atoms with Gasteiger partial charge in [0.05, 0.1) is 4.92 Å². The minimum Gasteiger partial charge on any atom is -0.486 e. The molecule has 0 aliphatic heterocycles. The van der Waals surface area contributed by atoms with Crippen molar-refractivity contribution in [2.75, 3.05) is 5.32 Å². The zero-order chi connectivity index (χ0) is 19.4. The van der Waals surface area contributed by atoms with Crippen molar-refractivity contribution in [1.29, 1.82) is 0 Å². The highest BCUT2D eigenvalue weighted by Gasteiger charge is 2.16. The van der Waals surface area contributed by atoms with Crippen LogP contribution in [0, 0.1) is 17.0 Å². The van der Waals surface area contributed by atoms with E-state index in [-0.39, 0.29) is 23.0 Å². The number of benzene rings is 2. The number of nitrogens with one attached hydrogen (secondary N) is 1. The van der Waals surface area contributed by atoms with E-state index in [1.165, 1.54) is 18.2 Å². The summed E-state index contributed by atoms with van der Waals surface area (Å²) in [4.78, 5) is 22.8. The van der Waals surface area contributed by atoms with Crippen molar-refractivity contribution in [3.05, 3.63) is 73.7 Å². The molecule has 0 radical (unpaired) electrons. The third-order valence-corrected chi connectivity index (χ3v) is 4.60. The normalized spacial score (nSPS) is 10.4. The summed E-state index contributed by atoms with van der Waals surface area (Å²) in [6, 6.07) is 11.2. The van der Waals surface area contributed by atoms with Crippen LogP contribution in [0.25, 0.3) is 0 Å². The van der Waals surface area contributed by atoms with Crippen molar-refractivity contribution in [2.24, 2.45) is 0 Å². The van der Waals surface area contributed by atoms with Gasteiger partial charge in [-0.15, -0.1) is 10.2 Å². The second-order valence-electron chi connectivity index (χ2n) is 5.46. The number of carbonyl (C=O) groups is 1. The molecule has 138 valence electrons. The molecule has 27 heavy (non-hydrogen) atoms. The smallest absolute Gasteiger partial charge is 0.273 e. The number of aryl methyl sites for hydroxylation is 1. The lowest BCUT2D eigenvalue weighted by Gasteiger charge is -2.03. The molecule has 0 spiro atoms. The number of amides is 1. The molecule has 3 rings (SSSR count). The van der Waals surface area contributed by atoms with Crippen molar-refractivity contribution in [2.45, 2.75) is 13.5 Å². The van der Waals surface area contributed by atoms with Gasteiger partial charge in [0.1, 0.15) is 12.4 Å². The van der Waals surface area contributed by atoms with E-state index < -0.39 is 10.8 Å². The number of nitro groups is 1. The maximum absolute atomic E-state index is 12.3. The highest BCUT2D eigenvalue weighted by Crippen LogP contribution is 2.22. The lowest BCUT2D eigenvalue weighted by Crippen LogP contribution is -2.12. The first kappa shape index (κ1) is 18.7. The minimum absolute atomic E-state index is 0.114. The molecule has 1 heterocycles. The second kappa shape index (κ2) is 8.11. The van der Waals surface area contributed by atoms with Gasteiger partial charge in [0.15, 0.2) is 5.01 Å². The van der Waals surface area contributed by atoms with Crippen LogP contribution in [0.3, 0.4) is 0 Å². The van der Waals surface area contributed by atoms with E-state index in [0.717, 1.165) is 11.3 Å². The van der Waals surface area contributed by atoms with Crippen LogP contribution in [-0.4, -0.2) is 21.0 Å². The Labute approximate surface area is 162 Å². The molecule has 0 saturated carbocycles. The van der Waals surface area contributed by atoms with Gasteiger partial charge in [-0.25, -0.2) is 0 Å². The van der Waals surface area contributed by atoms with Crippen molar-refractivity contribution in [3.63, 3.8) is 0 Å². The van der Waals surface area contributed by atoms with Crippen LogP contribution in [0.1, 0.15) is 20.9 Å². The number of carbonyl (C=O) groups excluding carboxylic acids is 1. The van der Waals surface area contributed by atoms with E-state index >= 15 is 0 Å². The number of halogens is 1. The number of hydrogen-bond donors (Lipinski definition) is 1. The fourth-order valence-electron chi connectivity index (χ4n) is 2.15. The summed E-state index contributed by atoms with van der Waals surface area (Å²) in [6.07, 6.45) is 0. The van der Waals surface area contributed by atoms with Gasteiger partial charge in [0.25, 0.3) is 11.6 Å². The third kappa shape index (κ3) is 4.78. The number of anilines is 1. The number of nitro benzene ring substituents is 1. The van der Waals surface area contributed by atoms with Crippen LogP contribution in [0.4, 0.5) is 10.8 Å². The molecule has 0 fully saturated rings. The first-order valence-corrected chi connectivity index (χ1v) is 8.89. The van der Waals surface area contributed by atoms with Gasteiger partial charge in [-0.3, -0.25) is 20.2 Å². The molecular weight excluding hydrogens is 392 g/mol. The van der Waals surface area contributed by atoms with E-state index in [0.29, 0.717) is 21.3 Å². The number of nitrogens with zero attached hydrogens (tertiary/aromatic N) is 3. The summed E-state index contributed by atoms with van der Waals surface area (Å²) in [6.45, 7) is 1.79. The molecule has 2 aromatic carbocycles. The Bertz CT molecular complexity index is 991. The number of hydrogen-bond acceptors (Lipinski definition) is 7. The van der Waals surface area contributed by atoms with Gasteiger partial charge in [-0.1, -0.05) is 29.0 Å². The molecule has 1 N–H and O–H groups in total. The summed E-state index contributed by atoms with van der Waals surface area (Å²) in [5.74, 6) is 0.131. The Morgan fingerprint density at radius 3 is 2.70 bits per heavy atom. The minimum atomic E-state index is -0.525. The Morgan fingerprint density at radius 2 is 2.00 bits per heavy atom. The molecule has 0 bridgehead atoms. The zero-order valence-corrected chi connectivity index (χ0v) is 15.6. The van der Waals surface area contributed by atoms with Gasteiger partial charge in [0, 0.05) is 22.2 Å². The molecular formula is C17H13ClN4O4S. The van der Waals surface area contributed by atoms with E-state index in [4.69, 9.17) is 16.3 Å². The molecule has 0 aliphatic carbocycles. The Hall–Kier alpha value is -3.04. The molecule has 0 unspecified atom stereocenters. The van der Waals surface area contributed by atoms with Gasteiger partial charge in [-0.05, 0) is 37.3 Å². The Balaban J connectivity index is 1.63. The molecule has 3 aromatic rings. The van der Waals surface area contributed by atoms with Crippen molar-refractivity contribution < 1.29 is 14.5 Å². The summed E-state index contributed by atoms with van der Waals surface area (Å²) >= 11 is 6.97.